The van der Waals surface area contributed by atoms with E-state index in [1.165, 1.54) is 0 Å². The summed E-state index contributed by atoms with van der Waals surface area (Å²) >= 11 is 0. The molecule has 0 heterocycles. The maximum absolute atomic E-state index is 9.63. The van der Waals surface area contributed by atoms with Crippen molar-refractivity contribution >= 4 is 0 Å². The number of hydrogen-bond acceptors (Lipinski definition) is 3. The van der Waals surface area contributed by atoms with E-state index in [0.29, 0.717) is 5.56 Å². The zero-order valence-electron chi connectivity index (χ0n) is 8.01. The Bertz CT molecular complexity index is 343. The lowest BCUT2D eigenvalue weighted by Gasteiger charge is -2.15. The summed E-state index contributed by atoms with van der Waals surface area (Å²) in [5, 5.41) is 27.3. The zero-order chi connectivity index (χ0) is 10.6. The van der Waals surface area contributed by atoms with E-state index in [2.05, 4.69) is 0 Å². The van der Waals surface area contributed by atoms with E-state index in [4.69, 9.17) is 5.26 Å². The van der Waals surface area contributed by atoms with Crippen LogP contribution in [0.4, 0.5) is 0 Å². The number of benzene rings is 1. The van der Waals surface area contributed by atoms with E-state index in [0.717, 1.165) is 12.0 Å². The van der Waals surface area contributed by atoms with Gasteiger partial charge in [-0.2, -0.15) is 5.26 Å². The quantitative estimate of drug-likeness (QED) is 0.705. The van der Waals surface area contributed by atoms with Crippen LogP contribution in [0.5, 0.6) is 0 Å². The van der Waals surface area contributed by atoms with Gasteiger partial charge in [0.25, 0.3) is 0 Å². The predicted octanol–water partition coefficient (Wildman–Crippen LogP) is 1.17. The molecule has 3 heteroatoms. The third kappa shape index (κ3) is 2.11. The van der Waals surface area contributed by atoms with Crippen LogP contribution in [0.3, 0.4) is 0 Å². The van der Waals surface area contributed by atoms with Gasteiger partial charge in [-0.3, -0.25) is 0 Å². The van der Waals surface area contributed by atoms with Gasteiger partial charge in [0.05, 0.1) is 6.07 Å². The van der Waals surface area contributed by atoms with Crippen LogP contribution < -0.4 is 0 Å². The molecule has 0 amide bonds. The van der Waals surface area contributed by atoms with Crippen molar-refractivity contribution in [3.63, 3.8) is 0 Å². The lowest BCUT2D eigenvalue weighted by molar-refractivity contribution is 0.0522. The van der Waals surface area contributed by atoms with Gasteiger partial charge < -0.3 is 10.2 Å². The molecule has 1 rings (SSSR count). The van der Waals surface area contributed by atoms with Crippen LogP contribution in [0.1, 0.15) is 24.2 Å². The molecule has 0 aliphatic carbocycles. The van der Waals surface area contributed by atoms with Gasteiger partial charge in [-0.1, -0.05) is 31.2 Å². The Kier molecular flexibility index (Phi) is 3.63. The highest BCUT2D eigenvalue weighted by Crippen LogP contribution is 2.21. The lowest BCUT2D eigenvalue weighted by Crippen LogP contribution is -2.17. The molecule has 0 aliphatic rings. The minimum Gasteiger partial charge on any atom is -0.385 e. The topological polar surface area (TPSA) is 64.2 Å². The van der Waals surface area contributed by atoms with Crippen molar-refractivity contribution in [3.8, 4) is 6.07 Å². The minimum atomic E-state index is -1.36. The Hall–Kier alpha value is -1.37. The smallest absolute Gasteiger partial charge is 0.170 e. The molecule has 2 N–H and O–H groups in total. The van der Waals surface area contributed by atoms with Crippen LogP contribution >= 0.6 is 0 Å². The second-order valence-corrected chi connectivity index (χ2v) is 3.07. The second-order valence-electron chi connectivity index (χ2n) is 3.07. The van der Waals surface area contributed by atoms with E-state index in [1.807, 2.05) is 19.1 Å². The predicted molar refractivity (Wildman–Crippen MR) is 52.4 cm³/mol. The van der Waals surface area contributed by atoms with Gasteiger partial charge in [-0.25, -0.2) is 0 Å². The molecule has 14 heavy (non-hydrogen) atoms. The summed E-state index contributed by atoms with van der Waals surface area (Å²) in [5.74, 6) is 0. The first-order valence-corrected chi connectivity index (χ1v) is 4.54. The first-order valence-electron chi connectivity index (χ1n) is 4.54. The molecular formula is C11H13NO2. The summed E-state index contributed by atoms with van der Waals surface area (Å²) in [4.78, 5) is 0. The Labute approximate surface area is 83.2 Å². The normalized spacial score (nSPS) is 14.4. The first-order chi connectivity index (χ1) is 6.70. The third-order valence-corrected chi connectivity index (χ3v) is 2.19. The van der Waals surface area contributed by atoms with Crippen molar-refractivity contribution < 1.29 is 10.2 Å². The number of aliphatic hydroxyl groups excluding tert-OH is 2. The fraction of sp³-hybridized carbons (Fsp3) is 0.364. The molecule has 2 unspecified atom stereocenters. The maximum atomic E-state index is 9.63. The molecule has 0 bridgehead atoms. The average molecular weight is 191 g/mol. The van der Waals surface area contributed by atoms with Gasteiger partial charge in [-0.15, -0.1) is 0 Å². The van der Waals surface area contributed by atoms with E-state index in [-0.39, 0.29) is 0 Å². The highest BCUT2D eigenvalue weighted by Gasteiger charge is 2.19. The fourth-order valence-corrected chi connectivity index (χ4v) is 1.39. The number of aliphatic hydroxyl groups is 2. The van der Waals surface area contributed by atoms with E-state index < -0.39 is 12.2 Å². The van der Waals surface area contributed by atoms with Crippen LogP contribution in [0.2, 0.25) is 0 Å². The molecule has 3 nitrogen and oxygen atoms in total. The summed E-state index contributed by atoms with van der Waals surface area (Å²) in [7, 11) is 0. The molecule has 0 fully saturated rings. The van der Waals surface area contributed by atoms with Gasteiger partial charge >= 0.3 is 0 Å². The van der Waals surface area contributed by atoms with Crippen LogP contribution in [-0.4, -0.2) is 16.3 Å². The molecule has 2 atom stereocenters. The summed E-state index contributed by atoms with van der Waals surface area (Å²) in [5.41, 5.74) is 1.58. The van der Waals surface area contributed by atoms with Crippen LogP contribution in [0, 0.1) is 11.3 Å². The highest BCUT2D eigenvalue weighted by atomic mass is 16.3. The molecular weight excluding hydrogens is 178 g/mol. The summed E-state index contributed by atoms with van der Waals surface area (Å²) < 4.78 is 0. The Balaban J connectivity index is 3.00. The van der Waals surface area contributed by atoms with E-state index in [1.54, 1.807) is 18.2 Å². The van der Waals surface area contributed by atoms with Crippen molar-refractivity contribution in [1.82, 2.24) is 0 Å². The van der Waals surface area contributed by atoms with Gasteiger partial charge in [0.15, 0.2) is 6.10 Å². The highest BCUT2D eigenvalue weighted by molar-refractivity contribution is 5.30. The van der Waals surface area contributed by atoms with Crippen LogP contribution in [-0.2, 0) is 6.42 Å². The minimum absolute atomic E-state index is 0.629. The van der Waals surface area contributed by atoms with Gasteiger partial charge in [0.1, 0.15) is 6.10 Å². The Morgan fingerprint density at radius 3 is 2.57 bits per heavy atom. The van der Waals surface area contributed by atoms with Gasteiger partial charge in [0.2, 0.25) is 0 Å². The molecule has 1 aromatic rings. The monoisotopic (exact) mass is 191 g/mol. The first kappa shape index (κ1) is 10.7. The van der Waals surface area contributed by atoms with Crippen LogP contribution in [0.25, 0.3) is 0 Å². The molecule has 0 aromatic heterocycles. The van der Waals surface area contributed by atoms with E-state index >= 15 is 0 Å². The van der Waals surface area contributed by atoms with Crippen molar-refractivity contribution in [2.75, 3.05) is 0 Å². The van der Waals surface area contributed by atoms with Crippen molar-refractivity contribution in [2.45, 2.75) is 25.6 Å². The second kappa shape index (κ2) is 4.75. The Morgan fingerprint density at radius 2 is 2.00 bits per heavy atom. The Morgan fingerprint density at radius 1 is 1.36 bits per heavy atom. The maximum Gasteiger partial charge on any atom is 0.170 e. The average Bonchev–Trinajstić information content (AvgIpc) is 2.26. The van der Waals surface area contributed by atoms with Crippen molar-refractivity contribution in [1.29, 1.82) is 5.26 Å². The number of aryl methyl sites for hydroxylation is 1. The molecule has 1 aromatic carbocycles. The molecule has 0 spiro atoms. The largest absolute Gasteiger partial charge is 0.385 e. The zero-order valence-corrected chi connectivity index (χ0v) is 8.01. The van der Waals surface area contributed by atoms with E-state index in [9.17, 15) is 10.2 Å². The molecule has 0 saturated carbocycles. The van der Waals surface area contributed by atoms with Crippen molar-refractivity contribution in [3.05, 3.63) is 35.4 Å². The third-order valence-electron chi connectivity index (χ3n) is 2.19. The fourth-order valence-electron chi connectivity index (χ4n) is 1.39. The van der Waals surface area contributed by atoms with Gasteiger partial charge in [0, 0.05) is 0 Å². The summed E-state index contributed by atoms with van der Waals surface area (Å²) in [6, 6.07) is 8.87. The van der Waals surface area contributed by atoms with Gasteiger partial charge in [-0.05, 0) is 17.5 Å². The van der Waals surface area contributed by atoms with Crippen molar-refractivity contribution in [2.24, 2.45) is 0 Å². The molecule has 74 valence electrons. The molecule has 0 aliphatic heterocycles. The summed E-state index contributed by atoms with van der Waals surface area (Å²) in [6.45, 7) is 1.96. The number of hydrogen-bond donors (Lipinski definition) is 2. The number of rotatable bonds is 3. The standard InChI is InChI=1S/C11H13NO2/c1-2-8-5-3-4-6-9(8)11(14)10(13)7-12/h3-6,10-11,13-14H,2H2,1H3. The number of nitrogens with zero attached hydrogens (tertiary/aromatic N) is 1. The van der Waals surface area contributed by atoms with Crippen LogP contribution in [0.15, 0.2) is 24.3 Å². The summed E-state index contributed by atoms with van der Waals surface area (Å²) in [6.07, 6.45) is -1.70. The molecule has 0 saturated heterocycles. The number of nitriles is 1. The SMILES string of the molecule is CCc1ccccc1C(O)C(O)C#N. The molecule has 0 radical (unpaired) electrons. The lowest BCUT2D eigenvalue weighted by atomic mass is 9.98.